The van der Waals surface area contributed by atoms with Gasteiger partial charge in [-0.3, -0.25) is 4.79 Å². The number of aliphatic hydroxyl groups is 1. The third-order valence-corrected chi connectivity index (χ3v) is 1.91. The molecule has 0 saturated carbocycles. The first-order valence-corrected chi connectivity index (χ1v) is 5.01. The second-order valence-electron chi connectivity index (χ2n) is 4.18. The van der Waals surface area contributed by atoms with E-state index in [0.29, 0.717) is 13.0 Å². The van der Waals surface area contributed by atoms with Crippen molar-refractivity contribution >= 4 is 5.91 Å². The van der Waals surface area contributed by atoms with E-state index < -0.39 is 5.60 Å². The lowest BCUT2D eigenvalue weighted by Gasteiger charge is -2.22. The minimum absolute atomic E-state index is 0.173. The van der Waals surface area contributed by atoms with Crippen molar-refractivity contribution in [2.75, 3.05) is 20.3 Å². The Labute approximate surface area is 91.3 Å². The zero-order valence-electron chi connectivity index (χ0n) is 9.96. The fourth-order valence-electron chi connectivity index (χ4n) is 1.00. The Bertz CT molecular complexity index is 230. The summed E-state index contributed by atoms with van der Waals surface area (Å²) in [7, 11) is 1.58. The summed E-state index contributed by atoms with van der Waals surface area (Å²) in [4.78, 5) is 11.2. The van der Waals surface area contributed by atoms with Crippen molar-refractivity contribution in [2.24, 2.45) is 0 Å². The standard InChI is InChI=1S/C11H21NO3/c1-9(2)7-10(13)12-8-11(3,14)5-6-15-4/h7,14H,5-6,8H2,1-4H3,(H,12,13). The number of ether oxygens (including phenoxy) is 1. The summed E-state index contributed by atoms with van der Waals surface area (Å²) < 4.78 is 4.86. The van der Waals surface area contributed by atoms with Gasteiger partial charge in [-0.25, -0.2) is 0 Å². The lowest BCUT2D eigenvalue weighted by Crippen LogP contribution is -2.40. The highest BCUT2D eigenvalue weighted by molar-refractivity contribution is 5.88. The van der Waals surface area contributed by atoms with Gasteiger partial charge in [0.15, 0.2) is 0 Å². The van der Waals surface area contributed by atoms with Crippen LogP contribution in [0.1, 0.15) is 27.2 Å². The minimum Gasteiger partial charge on any atom is -0.388 e. The second kappa shape index (κ2) is 6.58. The first-order chi connectivity index (χ1) is 6.87. The maximum atomic E-state index is 11.2. The highest BCUT2D eigenvalue weighted by Crippen LogP contribution is 2.07. The van der Waals surface area contributed by atoms with Gasteiger partial charge in [-0.1, -0.05) is 5.57 Å². The maximum absolute atomic E-state index is 11.2. The number of nitrogens with one attached hydrogen (secondary N) is 1. The Morgan fingerprint density at radius 3 is 2.60 bits per heavy atom. The number of carbonyl (C=O) groups is 1. The number of hydrogen-bond donors (Lipinski definition) is 2. The average molecular weight is 215 g/mol. The van der Waals surface area contributed by atoms with E-state index in [2.05, 4.69) is 5.32 Å². The third kappa shape index (κ3) is 8.15. The lowest BCUT2D eigenvalue weighted by molar-refractivity contribution is -0.117. The molecule has 15 heavy (non-hydrogen) atoms. The van der Waals surface area contributed by atoms with Gasteiger partial charge in [0.05, 0.1) is 5.60 Å². The molecular formula is C11H21NO3. The fourth-order valence-corrected chi connectivity index (χ4v) is 1.00. The average Bonchev–Trinajstić information content (AvgIpc) is 2.11. The van der Waals surface area contributed by atoms with Crippen LogP contribution in [-0.2, 0) is 9.53 Å². The zero-order valence-corrected chi connectivity index (χ0v) is 9.96. The molecule has 1 amide bonds. The Hall–Kier alpha value is -0.870. The van der Waals surface area contributed by atoms with E-state index in [1.165, 1.54) is 6.08 Å². The predicted octanol–water partition coefficient (Wildman–Crippen LogP) is 0.856. The van der Waals surface area contributed by atoms with Crippen LogP contribution >= 0.6 is 0 Å². The van der Waals surface area contributed by atoms with Gasteiger partial charge < -0.3 is 15.2 Å². The molecule has 0 bridgehead atoms. The summed E-state index contributed by atoms with van der Waals surface area (Å²) in [6.07, 6.45) is 2.00. The Morgan fingerprint density at radius 1 is 1.53 bits per heavy atom. The molecule has 0 heterocycles. The molecule has 0 aliphatic rings. The fraction of sp³-hybridized carbons (Fsp3) is 0.727. The van der Waals surface area contributed by atoms with Crippen LogP contribution in [-0.4, -0.2) is 36.9 Å². The molecule has 0 aromatic heterocycles. The summed E-state index contributed by atoms with van der Waals surface area (Å²) in [6.45, 7) is 6.09. The van der Waals surface area contributed by atoms with E-state index in [1.807, 2.05) is 13.8 Å². The van der Waals surface area contributed by atoms with Crippen LogP contribution < -0.4 is 5.32 Å². The minimum atomic E-state index is -0.916. The van der Waals surface area contributed by atoms with Crippen LogP contribution in [0.4, 0.5) is 0 Å². The van der Waals surface area contributed by atoms with Crippen LogP contribution in [0, 0.1) is 0 Å². The van der Waals surface area contributed by atoms with Crippen molar-refractivity contribution in [3.8, 4) is 0 Å². The van der Waals surface area contributed by atoms with Crippen molar-refractivity contribution in [3.63, 3.8) is 0 Å². The predicted molar refractivity (Wildman–Crippen MR) is 59.6 cm³/mol. The highest BCUT2D eigenvalue weighted by Gasteiger charge is 2.20. The largest absolute Gasteiger partial charge is 0.388 e. The summed E-state index contributed by atoms with van der Waals surface area (Å²) in [5, 5.41) is 12.5. The molecule has 0 saturated heterocycles. The van der Waals surface area contributed by atoms with Crippen LogP contribution in [0.15, 0.2) is 11.6 Å². The van der Waals surface area contributed by atoms with Crippen molar-refractivity contribution in [1.29, 1.82) is 0 Å². The number of hydrogen-bond acceptors (Lipinski definition) is 3. The van der Waals surface area contributed by atoms with Gasteiger partial charge in [0, 0.05) is 32.8 Å². The summed E-state index contributed by atoms with van der Waals surface area (Å²) in [5.41, 5.74) is 0.0188. The van der Waals surface area contributed by atoms with E-state index in [0.717, 1.165) is 5.57 Å². The second-order valence-corrected chi connectivity index (χ2v) is 4.18. The summed E-state index contributed by atoms with van der Waals surface area (Å²) in [5.74, 6) is -0.173. The van der Waals surface area contributed by atoms with Crippen molar-refractivity contribution in [2.45, 2.75) is 32.8 Å². The zero-order chi connectivity index (χ0) is 11.9. The normalized spacial score (nSPS) is 14.2. The third-order valence-electron chi connectivity index (χ3n) is 1.91. The molecule has 4 nitrogen and oxygen atoms in total. The van der Waals surface area contributed by atoms with Crippen LogP contribution in [0.2, 0.25) is 0 Å². The quantitative estimate of drug-likeness (QED) is 0.646. The van der Waals surface area contributed by atoms with E-state index >= 15 is 0 Å². The Morgan fingerprint density at radius 2 is 2.13 bits per heavy atom. The van der Waals surface area contributed by atoms with Crippen LogP contribution in [0.3, 0.4) is 0 Å². The summed E-state index contributed by atoms with van der Waals surface area (Å²) in [6, 6.07) is 0. The van der Waals surface area contributed by atoms with Gasteiger partial charge in [0.25, 0.3) is 0 Å². The van der Waals surface area contributed by atoms with Gasteiger partial charge in [0.1, 0.15) is 0 Å². The molecule has 0 aliphatic heterocycles. The molecule has 2 N–H and O–H groups in total. The van der Waals surface area contributed by atoms with Gasteiger partial charge in [0.2, 0.25) is 5.91 Å². The number of rotatable bonds is 6. The van der Waals surface area contributed by atoms with Gasteiger partial charge in [-0.15, -0.1) is 0 Å². The van der Waals surface area contributed by atoms with E-state index in [9.17, 15) is 9.90 Å². The maximum Gasteiger partial charge on any atom is 0.244 e. The van der Waals surface area contributed by atoms with E-state index in [4.69, 9.17) is 4.74 Å². The molecular weight excluding hydrogens is 194 g/mol. The topological polar surface area (TPSA) is 58.6 Å². The molecule has 4 heteroatoms. The molecule has 1 atom stereocenters. The van der Waals surface area contributed by atoms with Crippen LogP contribution in [0.5, 0.6) is 0 Å². The molecule has 1 unspecified atom stereocenters. The Kier molecular flexibility index (Phi) is 6.20. The smallest absolute Gasteiger partial charge is 0.244 e. The van der Waals surface area contributed by atoms with Crippen molar-refractivity contribution in [1.82, 2.24) is 5.32 Å². The summed E-state index contributed by atoms with van der Waals surface area (Å²) >= 11 is 0. The lowest BCUT2D eigenvalue weighted by atomic mass is 10.0. The molecule has 0 rings (SSSR count). The molecule has 0 radical (unpaired) electrons. The molecule has 0 aliphatic carbocycles. The Balaban J connectivity index is 3.92. The first-order valence-electron chi connectivity index (χ1n) is 5.01. The molecule has 0 spiro atoms. The SMILES string of the molecule is COCCC(C)(O)CNC(=O)C=C(C)C. The van der Waals surface area contributed by atoms with Gasteiger partial charge in [-0.05, 0) is 20.8 Å². The molecule has 0 aromatic carbocycles. The molecule has 0 aromatic rings. The number of allylic oxidation sites excluding steroid dienone is 1. The molecule has 0 fully saturated rings. The number of methoxy groups -OCH3 is 1. The van der Waals surface area contributed by atoms with E-state index in [1.54, 1.807) is 14.0 Å². The van der Waals surface area contributed by atoms with Gasteiger partial charge >= 0.3 is 0 Å². The number of carbonyl (C=O) groups excluding carboxylic acids is 1. The highest BCUT2D eigenvalue weighted by atomic mass is 16.5. The molecule has 88 valence electrons. The van der Waals surface area contributed by atoms with Gasteiger partial charge in [-0.2, -0.15) is 0 Å². The van der Waals surface area contributed by atoms with Crippen LogP contribution in [0.25, 0.3) is 0 Å². The number of amides is 1. The monoisotopic (exact) mass is 215 g/mol. The van der Waals surface area contributed by atoms with Crippen molar-refractivity contribution < 1.29 is 14.6 Å². The first kappa shape index (κ1) is 14.1. The van der Waals surface area contributed by atoms with E-state index in [-0.39, 0.29) is 12.5 Å². The van der Waals surface area contributed by atoms with Crippen molar-refractivity contribution in [3.05, 3.63) is 11.6 Å².